The third kappa shape index (κ3) is 3.64. The van der Waals surface area contributed by atoms with E-state index in [2.05, 4.69) is 15.4 Å². The lowest BCUT2D eigenvalue weighted by Gasteiger charge is -2.13. The van der Waals surface area contributed by atoms with Gasteiger partial charge in [0.25, 0.3) is 5.91 Å². The van der Waals surface area contributed by atoms with Gasteiger partial charge < -0.3 is 10.4 Å². The molecule has 0 aliphatic rings. The summed E-state index contributed by atoms with van der Waals surface area (Å²) in [4.78, 5) is 16.6. The van der Waals surface area contributed by atoms with Crippen molar-refractivity contribution < 1.29 is 9.90 Å². The first-order valence-corrected chi connectivity index (χ1v) is 7.42. The van der Waals surface area contributed by atoms with Crippen molar-refractivity contribution in [3.8, 4) is 5.82 Å². The maximum atomic E-state index is 12.3. The Bertz CT molecular complexity index is 684. The standard InChI is InChI=1S/C15H19ClN4O2/c1-9(6-7-21)17-15(22)14-12(16)4-5-13(18-14)20-11(3)8-10(2)19-20/h4-5,8-9,21H,6-7H2,1-3H3,(H,17,22). The van der Waals surface area contributed by atoms with Gasteiger partial charge in [-0.15, -0.1) is 0 Å². The second-order valence-electron chi connectivity index (χ2n) is 5.23. The highest BCUT2D eigenvalue weighted by molar-refractivity contribution is 6.33. The van der Waals surface area contributed by atoms with Crippen LogP contribution in [0, 0.1) is 13.8 Å². The summed E-state index contributed by atoms with van der Waals surface area (Å²) in [6.07, 6.45) is 0.473. The van der Waals surface area contributed by atoms with Crippen molar-refractivity contribution in [1.29, 1.82) is 0 Å². The van der Waals surface area contributed by atoms with E-state index in [0.29, 0.717) is 12.2 Å². The lowest BCUT2D eigenvalue weighted by molar-refractivity contribution is 0.0929. The summed E-state index contributed by atoms with van der Waals surface area (Å²) in [6.45, 7) is 5.63. The van der Waals surface area contributed by atoms with Gasteiger partial charge in [-0.05, 0) is 45.4 Å². The van der Waals surface area contributed by atoms with Crippen LogP contribution in [-0.2, 0) is 0 Å². The second kappa shape index (κ2) is 6.89. The summed E-state index contributed by atoms with van der Waals surface area (Å²) < 4.78 is 1.67. The van der Waals surface area contributed by atoms with Crippen molar-refractivity contribution in [2.75, 3.05) is 6.61 Å². The van der Waals surface area contributed by atoms with Crippen LogP contribution in [0.2, 0.25) is 5.02 Å². The van der Waals surface area contributed by atoms with E-state index in [-0.39, 0.29) is 29.3 Å². The van der Waals surface area contributed by atoms with E-state index in [0.717, 1.165) is 11.4 Å². The summed E-state index contributed by atoms with van der Waals surface area (Å²) in [5.74, 6) is 0.171. The third-order valence-corrected chi connectivity index (χ3v) is 3.52. The zero-order valence-electron chi connectivity index (χ0n) is 12.8. The normalized spacial score (nSPS) is 12.2. The second-order valence-corrected chi connectivity index (χ2v) is 5.63. The highest BCUT2D eigenvalue weighted by atomic mass is 35.5. The van der Waals surface area contributed by atoms with Gasteiger partial charge in [0.15, 0.2) is 5.82 Å². The van der Waals surface area contributed by atoms with E-state index in [1.165, 1.54) is 0 Å². The predicted octanol–water partition coefficient (Wildman–Crippen LogP) is 2.04. The molecule has 0 saturated carbocycles. The zero-order chi connectivity index (χ0) is 16.3. The van der Waals surface area contributed by atoms with Gasteiger partial charge in [-0.2, -0.15) is 5.10 Å². The van der Waals surface area contributed by atoms with Crippen molar-refractivity contribution in [1.82, 2.24) is 20.1 Å². The molecular weight excluding hydrogens is 304 g/mol. The summed E-state index contributed by atoms with van der Waals surface area (Å²) in [5, 5.41) is 16.3. The topological polar surface area (TPSA) is 80.0 Å². The van der Waals surface area contributed by atoms with E-state index in [1.807, 2.05) is 26.8 Å². The molecule has 2 rings (SSSR count). The van der Waals surface area contributed by atoms with Gasteiger partial charge in [-0.1, -0.05) is 11.6 Å². The van der Waals surface area contributed by atoms with E-state index in [1.54, 1.807) is 16.8 Å². The molecule has 0 aliphatic carbocycles. The van der Waals surface area contributed by atoms with Crippen molar-refractivity contribution in [2.45, 2.75) is 33.2 Å². The Morgan fingerprint density at radius 2 is 2.18 bits per heavy atom. The van der Waals surface area contributed by atoms with Gasteiger partial charge >= 0.3 is 0 Å². The third-order valence-electron chi connectivity index (χ3n) is 3.21. The molecule has 0 aliphatic heterocycles. The van der Waals surface area contributed by atoms with Crippen LogP contribution in [0.15, 0.2) is 18.2 Å². The molecule has 22 heavy (non-hydrogen) atoms. The number of halogens is 1. The molecule has 0 saturated heterocycles. The van der Waals surface area contributed by atoms with E-state index in [9.17, 15) is 4.79 Å². The van der Waals surface area contributed by atoms with Crippen LogP contribution in [0.5, 0.6) is 0 Å². The highest BCUT2D eigenvalue weighted by Crippen LogP contribution is 2.18. The van der Waals surface area contributed by atoms with Crippen LogP contribution in [0.25, 0.3) is 5.82 Å². The largest absolute Gasteiger partial charge is 0.396 e. The lowest BCUT2D eigenvalue weighted by atomic mass is 10.2. The lowest BCUT2D eigenvalue weighted by Crippen LogP contribution is -2.34. The molecule has 2 heterocycles. The fourth-order valence-corrected chi connectivity index (χ4v) is 2.32. The van der Waals surface area contributed by atoms with Crippen LogP contribution in [-0.4, -0.2) is 38.4 Å². The first kappa shape index (κ1) is 16.5. The number of nitrogens with zero attached hydrogens (tertiary/aromatic N) is 3. The molecule has 6 nitrogen and oxygen atoms in total. The Labute approximate surface area is 134 Å². The van der Waals surface area contributed by atoms with Gasteiger partial charge in [0.05, 0.1) is 10.7 Å². The number of hydrogen-bond acceptors (Lipinski definition) is 4. The Kier molecular flexibility index (Phi) is 5.15. The van der Waals surface area contributed by atoms with Gasteiger partial charge in [-0.25, -0.2) is 9.67 Å². The average Bonchev–Trinajstić information content (AvgIpc) is 2.78. The number of rotatable bonds is 5. The maximum Gasteiger partial charge on any atom is 0.271 e. The molecule has 1 atom stereocenters. The number of carbonyl (C=O) groups is 1. The number of pyridine rings is 1. The molecule has 1 amide bonds. The molecule has 2 N–H and O–H groups in total. The minimum Gasteiger partial charge on any atom is -0.396 e. The predicted molar refractivity (Wildman–Crippen MR) is 84.5 cm³/mol. The first-order chi connectivity index (χ1) is 10.4. The number of aromatic nitrogens is 3. The number of aliphatic hydroxyl groups is 1. The Morgan fingerprint density at radius 3 is 2.77 bits per heavy atom. The Morgan fingerprint density at radius 1 is 1.45 bits per heavy atom. The molecule has 0 radical (unpaired) electrons. The van der Waals surface area contributed by atoms with Gasteiger partial charge in [0, 0.05) is 18.3 Å². The fourth-order valence-electron chi connectivity index (χ4n) is 2.13. The minimum atomic E-state index is -0.366. The van der Waals surface area contributed by atoms with Crippen molar-refractivity contribution in [3.63, 3.8) is 0 Å². The van der Waals surface area contributed by atoms with E-state index < -0.39 is 0 Å². The molecule has 2 aromatic heterocycles. The number of amides is 1. The quantitative estimate of drug-likeness (QED) is 0.882. The summed E-state index contributed by atoms with van der Waals surface area (Å²) in [7, 11) is 0. The summed E-state index contributed by atoms with van der Waals surface area (Å²) in [6, 6.07) is 5.12. The van der Waals surface area contributed by atoms with Gasteiger partial charge in [0.1, 0.15) is 5.69 Å². The fraction of sp³-hybridized carbons (Fsp3) is 0.400. The van der Waals surface area contributed by atoms with Crippen LogP contribution >= 0.6 is 11.6 Å². The number of aliphatic hydroxyl groups excluding tert-OH is 1. The maximum absolute atomic E-state index is 12.3. The number of hydrogen-bond donors (Lipinski definition) is 2. The minimum absolute atomic E-state index is 0.00834. The number of nitrogens with one attached hydrogen (secondary N) is 1. The van der Waals surface area contributed by atoms with Gasteiger partial charge in [0.2, 0.25) is 0 Å². The average molecular weight is 323 g/mol. The van der Waals surface area contributed by atoms with Crippen LogP contribution in [0.1, 0.15) is 35.2 Å². The molecule has 2 aromatic rings. The zero-order valence-corrected chi connectivity index (χ0v) is 13.6. The first-order valence-electron chi connectivity index (χ1n) is 7.04. The van der Waals surface area contributed by atoms with E-state index >= 15 is 0 Å². The SMILES string of the molecule is Cc1cc(C)n(-c2ccc(Cl)c(C(=O)NC(C)CCO)n2)n1. The molecule has 0 fully saturated rings. The van der Waals surface area contributed by atoms with Crippen molar-refractivity contribution >= 4 is 17.5 Å². The molecule has 118 valence electrons. The Balaban J connectivity index is 2.31. The van der Waals surface area contributed by atoms with E-state index in [4.69, 9.17) is 16.7 Å². The van der Waals surface area contributed by atoms with Crippen molar-refractivity contribution in [2.24, 2.45) is 0 Å². The number of aryl methyl sites for hydroxylation is 2. The van der Waals surface area contributed by atoms with Crippen LogP contribution in [0.3, 0.4) is 0 Å². The molecule has 0 bridgehead atoms. The molecular formula is C15H19ClN4O2. The Hall–Kier alpha value is -1.92. The van der Waals surface area contributed by atoms with Crippen LogP contribution in [0.4, 0.5) is 0 Å². The molecule has 7 heteroatoms. The highest BCUT2D eigenvalue weighted by Gasteiger charge is 2.16. The van der Waals surface area contributed by atoms with Gasteiger partial charge in [-0.3, -0.25) is 4.79 Å². The van der Waals surface area contributed by atoms with Crippen LogP contribution < -0.4 is 5.32 Å². The number of carbonyl (C=O) groups excluding carboxylic acids is 1. The monoisotopic (exact) mass is 322 g/mol. The summed E-state index contributed by atoms with van der Waals surface area (Å²) >= 11 is 6.08. The summed E-state index contributed by atoms with van der Waals surface area (Å²) in [5.41, 5.74) is 1.95. The van der Waals surface area contributed by atoms with Crippen molar-refractivity contribution in [3.05, 3.63) is 40.3 Å². The molecule has 0 spiro atoms. The molecule has 1 unspecified atom stereocenters. The molecule has 0 aromatic carbocycles. The smallest absolute Gasteiger partial charge is 0.271 e.